The zero-order valence-corrected chi connectivity index (χ0v) is 12.1. The Balaban J connectivity index is 2.14. The van der Waals surface area contributed by atoms with Crippen LogP contribution in [0.25, 0.3) is 11.1 Å². The number of anilines is 1. The Morgan fingerprint density at radius 2 is 2.20 bits per heavy atom. The first-order valence-corrected chi connectivity index (χ1v) is 6.68. The quantitative estimate of drug-likeness (QED) is 0.878. The Kier molecular flexibility index (Phi) is 4.53. The monoisotopic (exact) mass is 272 g/mol. The van der Waals surface area contributed by atoms with Gasteiger partial charge in [0.25, 0.3) is 0 Å². The van der Waals surface area contributed by atoms with Crippen LogP contribution in [-0.4, -0.2) is 41.1 Å². The van der Waals surface area contributed by atoms with Crippen LogP contribution in [0.4, 0.5) is 5.69 Å². The van der Waals surface area contributed by atoms with Gasteiger partial charge in [-0.15, -0.1) is 0 Å². The SMILES string of the molecule is CC[C@@H](C(=O)Nc1cccc(-c2cn[nH]c2)c1)N(C)C. The summed E-state index contributed by atoms with van der Waals surface area (Å²) in [7, 11) is 3.82. The Morgan fingerprint density at radius 3 is 2.80 bits per heavy atom. The van der Waals surface area contributed by atoms with E-state index in [1.807, 2.05) is 56.4 Å². The molecule has 0 aliphatic carbocycles. The number of H-pyrrole nitrogens is 1. The van der Waals surface area contributed by atoms with Crippen molar-refractivity contribution in [1.82, 2.24) is 15.1 Å². The van der Waals surface area contributed by atoms with Crippen LogP contribution in [0.5, 0.6) is 0 Å². The van der Waals surface area contributed by atoms with Gasteiger partial charge in [-0.2, -0.15) is 5.10 Å². The molecule has 1 aromatic carbocycles. The first-order chi connectivity index (χ1) is 9.61. The molecule has 0 fully saturated rings. The highest BCUT2D eigenvalue weighted by molar-refractivity contribution is 5.95. The number of hydrogen-bond donors (Lipinski definition) is 2. The van der Waals surface area contributed by atoms with Crippen molar-refractivity contribution in [2.45, 2.75) is 19.4 Å². The first-order valence-electron chi connectivity index (χ1n) is 6.68. The van der Waals surface area contributed by atoms with Gasteiger partial charge in [0.1, 0.15) is 0 Å². The number of benzene rings is 1. The molecule has 0 spiro atoms. The van der Waals surface area contributed by atoms with E-state index < -0.39 is 0 Å². The van der Waals surface area contributed by atoms with Crippen molar-refractivity contribution in [1.29, 1.82) is 0 Å². The Morgan fingerprint density at radius 1 is 1.40 bits per heavy atom. The van der Waals surface area contributed by atoms with E-state index in [2.05, 4.69) is 15.5 Å². The second kappa shape index (κ2) is 6.34. The zero-order chi connectivity index (χ0) is 14.5. The topological polar surface area (TPSA) is 61.0 Å². The molecule has 1 aromatic heterocycles. The van der Waals surface area contributed by atoms with Gasteiger partial charge in [-0.3, -0.25) is 14.8 Å². The molecule has 1 heterocycles. The van der Waals surface area contributed by atoms with Crippen LogP contribution in [0, 0.1) is 0 Å². The number of hydrogen-bond acceptors (Lipinski definition) is 3. The fourth-order valence-corrected chi connectivity index (χ4v) is 2.20. The fraction of sp³-hybridized carbons (Fsp3) is 0.333. The second-order valence-electron chi connectivity index (χ2n) is 4.94. The van der Waals surface area contributed by atoms with Crippen molar-refractivity contribution >= 4 is 11.6 Å². The highest BCUT2D eigenvalue weighted by Gasteiger charge is 2.18. The highest BCUT2D eigenvalue weighted by atomic mass is 16.2. The largest absolute Gasteiger partial charge is 0.325 e. The number of rotatable bonds is 5. The average Bonchev–Trinajstić information content (AvgIpc) is 2.93. The smallest absolute Gasteiger partial charge is 0.241 e. The normalized spacial score (nSPS) is 12.4. The number of carbonyl (C=O) groups is 1. The number of carbonyl (C=O) groups excluding carboxylic acids is 1. The Hall–Kier alpha value is -2.14. The number of nitrogens with one attached hydrogen (secondary N) is 2. The molecular formula is C15H20N4O. The van der Waals surface area contributed by atoms with Crippen LogP contribution >= 0.6 is 0 Å². The summed E-state index contributed by atoms with van der Waals surface area (Å²) in [5, 5.41) is 9.69. The van der Waals surface area contributed by atoms with Crippen LogP contribution < -0.4 is 5.32 Å². The van der Waals surface area contributed by atoms with Crippen molar-refractivity contribution in [3.05, 3.63) is 36.7 Å². The summed E-state index contributed by atoms with van der Waals surface area (Å²) in [5.74, 6) is 0.0156. The first kappa shape index (κ1) is 14.3. The van der Waals surface area contributed by atoms with E-state index in [0.29, 0.717) is 0 Å². The molecule has 5 nitrogen and oxygen atoms in total. The van der Waals surface area contributed by atoms with E-state index in [-0.39, 0.29) is 11.9 Å². The maximum absolute atomic E-state index is 12.2. The predicted molar refractivity (Wildman–Crippen MR) is 80.4 cm³/mol. The van der Waals surface area contributed by atoms with Gasteiger partial charge < -0.3 is 5.32 Å². The van der Waals surface area contributed by atoms with Crippen LogP contribution in [0.3, 0.4) is 0 Å². The van der Waals surface area contributed by atoms with Gasteiger partial charge >= 0.3 is 0 Å². The molecule has 0 saturated carbocycles. The van der Waals surface area contributed by atoms with E-state index in [0.717, 1.165) is 23.2 Å². The average molecular weight is 272 g/mol. The van der Waals surface area contributed by atoms with Gasteiger partial charge in [-0.05, 0) is 38.2 Å². The number of likely N-dealkylation sites (N-methyl/N-ethyl adjacent to an activating group) is 1. The summed E-state index contributed by atoms with van der Waals surface area (Å²) >= 11 is 0. The molecule has 1 amide bonds. The highest BCUT2D eigenvalue weighted by Crippen LogP contribution is 2.21. The second-order valence-corrected chi connectivity index (χ2v) is 4.94. The fourth-order valence-electron chi connectivity index (χ4n) is 2.20. The molecule has 0 aliphatic heterocycles. The maximum Gasteiger partial charge on any atom is 0.241 e. The summed E-state index contributed by atoms with van der Waals surface area (Å²) in [6.07, 6.45) is 4.37. The lowest BCUT2D eigenvalue weighted by Gasteiger charge is -2.21. The third kappa shape index (κ3) is 3.24. The van der Waals surface area contributed by atoms with Crippen LogP contribution in [0.15, 0.2) is 36.7 Å². The number of aromatic nitrogens is 2. The van der Waals surface area contributed by atoms with Gasteiger partial charge in [-0.1, -0.05) is 19.1 Å². The summed E-state index contributed by atoms with van der Waals surface area (Å²) < 4.78 is 0. The molecule has 20 heavy (non-hydrogen) atoms. The Bertz CT molecular complexity index is 563. The maximum atomic E-state index is 12.2. The van der Waals surface area contributed by atoms with E-state index in [4.69, 9.17) is 0 Å². The molecule has 0 radical (unpaired) electrons. The van der Waals surface area contributed by atoms with Crippen molar-refractivity contribution < 1.29 is 4.79 Å². The minimum Gasteiger partial charge on any atom is -0.325 e. The van der Waals surface area contributed by atoms with E-state index in [1.165, 1.54) is 0 Å². The summed E-state index contributed by atoms with van der Waals surface area (Å²) in [6, 6.07) is 7.64. The van der Waals surface area contributed by atoms with Crippen molar-refractivity contribution in [3.8, 4) is 11.1 Å². The van der Waals surface area contributed by atoms with Crippen LogP contribution in [0.1, 0.15) is 13.3 Å². The summed E-state index contributed by atoms with van der Waals surface area (Å²) in [4.78, 5) is 14.1. The minimum atomic E-state index is -0.118. The van der Waals surface area contributed by atoms with Gasteiger partial charge in [0, 0.05) is 17.4 Å². The lowest BCUT2D eigenvalue weighted by Crippen LogP contribution is -2.39. The molecule has 0 saturated heterocycles. The van der Waals surface area contributed by atoms with E-state index >= 15 is 0 Å². The molecule has 5 heteroatoms. The lowest BCUT2D eigenvalue weighted by atomic mass is 10.1. The predicted octanol–water partition coefficient (Wildman–Crippen LogP) is 2.36. The van der Waals surface area contributed by atoms with Gasteiger partial charge in [0.15, 0.2) is 0 Å². The standard InChI is InChI=1S/C15H20N4O/c1-4-14(19(2)3)15(20)18-13-7-5-6-11(8-13)12-9-16-17-10-12/h5-10,14H,4H2,1-3H3,(H,16,17)(H,18,20)/t14-/m0/s1. The molecule has 2 N–H and O–H groups in total. The van der Waals surface area contributed by atoms with E-state index in [1.54, 1.807) is 6.20 Å². The molecule has 2 aromatic rings. The summed E-state index contributed by atoms with van der Waals surface area (Å²) in [6.45, 7) is 2.01. The summed E-state index contributed by atoms with van der Waals surface area (Å²) in [5.41, 5.74) is 2.82. The van der Waals surface area contributed by atoms with Gasteiger partial charge in [0.05, 0.1) is 12.2 Å². The number of nitrogens with zero attached hydrogens (tertiary/aromatic N) is 2. The molecule has 1 atom stereocenters. The third-order valence-electron chi connectivity index (χ3n) is 3.27. The minimum absolute atomic E-state index is 0.0156. The zero-order valence-electron chi connectivity index (χ0n) is 12.1. The Labute approximate surface area is 119 Å². The molecule has 2 rings (SSSR count). The van der Waals surface area contributed by atoms with Crippen LogP contribution in [-0.2, 0) is 4.79 Å². The van der Waals surface area contributed by atoms with E-state index in [9.17, 15) is 4.79 Å². The molecule has 0 aliphatic rings. The lowest BCUT2D eigenvalue weighted by molar-refractivity contribution is -0.120. The number of amides is 1. The van der Waals surface area contributed by atoms with Gasteiger partial charge in [0.2, 0.25) is 5.91 Å². The van der Waals surface area contributed by atoms with Crippen molar-refractivity contribution in [2.24, 2.45) is 0 Å². The third-order valence-corrected chi connectivity index (χ3v) is 3.27. The molecule has 0 bridgehead atoms. The number of aromatic amines is 1. The van der Waals surface area contributed by atoms with Crippen molar-refractivity contribution in [2.75, 3.05) is 19.4 Å². The van der Waals surface area contributed by atoms with Crippen molar-refractivity contribution in [3.63, 3.8) is 0 Å². The molecular weight excluding hydrogens is 252 g/mol. The molecule has 0 unspecified atom stereocenters. The molecule has 106 valence electrons. The van der Waals surface area contributed by atoms with Gasteiger partial charge in [-0.25, -0.2) is 0 Å². The van der Waals surface area contributed by atoms with Crippen LogP contribution in [0.2, 0.25) is 0 Å².